The van der Waals surface area contributed by atoms with E-state index < -0.39 is 12.1 Å². The number of hydrogen-bond donors (Lipinski definition) is 1. The average molecular weight is 213 g/mol. The Morgan fingerprint density at radius 3 is 2.93 bits per heavy atom. The number of nitrogens with one attached hydrogen (secondary N) is 1. The Labute approximate surface area is 86.0 Å². The van der Waals surface area contributed by atoms with Crippen LogP contribution in [0.3, 0.4) is 0 Å². The highest BCUT2D eigenvalue weighted by Gasteiger charge is 2.14. The predicted molar refractivity (Wildman–Crippen MR) is 49.9 cm³/mol. The summed E-state index contributed by atoms with van der Waals surface area (Å²) in [4.78, 5) is 25.9. The number of carbonyl (C=O) groups is 2. The lowest BCUT2D eigenvalue weighted by Crippen LogP contribution is -2.26. The Kier molecular flexibility index (Phi) is 3.67. The van der Waals surface area contributed by atoms with E-state index in [2.05, 4.69) is 19.9 Å². The fourth-order valence-electron chi connectivity index (χ4n) is 0.898. The predicted octanol–water partition coefficient (Wildman–Crippen LogP) is 0.370. The zero-order chi connectivity index (χ0) is 11.3. The minimum Gasteiger partial charge on any atom is -0.463 e. The Morgan fingerprint density at radius 1 is 1.60 bits per heavy atom. The van der Waals surface area contributed by atoms with Crippen molar-refractivity contribution in [3.63, 3.8) is 0 Å². The summed E-state index contributed by atoms with van der Waals surface area (Å²) >= 11 is 0. The largest absolute Gasteiger partial charge is 0.463 e. The van der Waals surface area contributed by atoms with Gasteiger partial charge in [-0.1, -0.05) is 0 Å². The summed E-state index contributed by atoms with van der Waals surface area (Å²) in [5.74, 6) is -0.664. The number of aromatic nitrogens is 2. The smallest absolute Gasteiger partial charge is 0.426 e. The third kappa shape index (κ3) is 2.70. The van der Waals surface area contributed by atoms with Gasteiger partial charge in [0.1, 0.15) is 0 Å². The minimum atomic E-state index is -0.666. The fourth-order valence-corrected chi connectivity index (χ4v) is 0.898. The zero-order valence-corrected chi connectivity index (χ0v) is 8.39. The van der Waals surface area contributed by atoms with Gasteiger partial charge < -0.3 is 9.47 Å². The van der Waals surface area contributed by atoms with E-state index in [1.54, 1.807) is 6.92 Å². The fraction of sp³-hybridized carbons (Fsp3) is 0.375. The minimum absolute atomic E-state index is 0.0226. The Bertz CT molecular complexity index is 361. The van der Waals surface area contributed by atoms with Crippen LogP contribution in [0.25, 0.3) is 0 Å². The Hall–Kier alpha value is -2.05. The molecule has 1 N–H and O–H groups in total. The Morgan fingerprint density at radius 2 is 2.33 bits per heavy atom. The van der Waals surface area contributed by atoms with Gasteiger partial charge in [-0.05, 0) is 6.92 Å². The van der Waals surface area contributed by atoms with E-state index in [0.717, 1.165) is 4.68 Å². The van der Waals surface area contributed by atoms with Crippen molar-refractivity contribution in [3.8, 4) is 0 Å². The molecule has 1 aromatic heterocycles. The lowest BCUT2D eigenvalue weighted by atomic mass is 10.6. The van der Waals surface area contributed by atoms with Crippen molar-refractivity contribution < 1.29 is 19.1 Å². The summed E-state index contributed by atoms with van der Waals surface area (Å²) in [5.41, 5.74) is 2.30. The lowest BCUT2D eigenvalue weighted by molar-refractivity contribution is 0.0583. The van der Waals surface area contributed by atoms with Gasteiger partial charge in [-0.3, -0.25) is 0 Å². The SMILES string of the molecule is CCOC(=O)Nn1ccnc1C(=O)OC. The molecule has 0 atom stereocenters. The van der Waals surface area contributed by atoms with Gasteiger partial charge in [-0.15, -0.1) is 0 Å². The van der Waals surface area contributed by atoms with Crippen molar-refractivity contribution in [2.24, 2.45) is 0 Å². The number of amides is 1. The zero-order valence-electron chi connectivity index (χ0n) is 8.39. The maximum absolute atomic E-state index is 11.1. The summed E-state index contributed by atoms with van der Waals surface area (Å²) in [7, 11) is 1.23. The summed E-state index contributed by atoms with van der Waals surface area (Å²) in [6, 6.07) is 0. The number of nitrogens with zero attached hydrogens (tertiary/aromatic N) is 2. The van der Waals surface area contributed by atoms with E-state index in [9.17, 15) is 9.59 Å². The van der Waals surface area contributed by atoms with Crippen LogP contribution in [0.5, 0.6) is 0 Å². The molecule has 1 heterocycles. The van der Waals surface area contributed by atoms with Crippen LogP contribution in [0.4, 0.5) is 4.79 Å². The first kappa shape index (κ1) is 11.0. The van der Waals surface area contributed by atoms with Crippen molar-refractivity contribution in [3.05, 3.63) is 18.2 Å². The molecule has 15 heavy (non-hydrogen) atoms. The quantitative estimate of drug-likeness (QED) is 0.733. The molecule has 1 rings (SSSR count). The normalized spacial score (nSPS) is 9.47. The molecular weight excluding hydrogens is 202 g/mol. The molecule has 0 aliphatic heterocycles. The number of carbonyl (C=O) groups excluding carboxylic acids is 2. The molecule has 0 spiro atoms. The molecule has 0 aliphatic rings. The molecule has 0 aromatic carbocycles. The van der Waals surface area contributed by atoms with Crippen LogP contribution < -0.4 is 5.43 Å². The molecule has 0 fully saturated rings. The molecule has 0 bridgehead atoms. The summed E-state index contributed by atoms with van der Waals surface area (Å²) in [6.07, 6.45) is 2.10. The first-order valence-corrected chi connectivity index (χ1v) is 4.24. The van der Waals surface area contributed by atoms with Crippen molar-refractivity contribution in [1.82, 2.24) is 9.66 Å². The highest BCUT2D eigenvalue weighted by atomic mass is 16.6. The third-order valence-corrected chi connectivity index (χ3v) is 1.50. The van der Waals surface area contributed by atoms with Gasteiger partial charge in [0.05, 0.1) is 13.7 Å². The van der Waals surface area contributed by atoms with Gasteiger partial charge in [0.15, 0.2) is 0 Å². The summed E-state index contributed by atoms with van der Waals surface area (Å²) < 4.78 is 10.2. The third-order valence-electron chi connectivity index (χ3n) is 1.50. The topological polar surface area (TPSA) is 82.5 Å². The molecule has 1 amide bonds. The lowest BCUT2D eigenvalue weighted by Gasteiger charge is -2.07. The molecule has 0 saturated heterocycles. The molecule has 82 valence electrons. The molecule has 0 radical (unpaired) electrons. The highest BCUT2D eigenvalue weighted by Crippen LogP contribution is 1.97. The van der Waals surface area contributed by atoms with E-state index in [0.29, 0.717) is 0 Å². The van der Waals surface area contributed by atoms with Gasteiger partial charge in [-0.25, -0.2) is 24.7 Å². The standard InChI is InChI=1S/C8H11N3O4/c1-3-15-8(13)10-11-5-4-9-6(11)7(12)14-2/h4-5H,3H2,1-2H3,(H,10,13). The number of methoxy groups -OCH3 is 1. The van der Waals surface area contributed by atoms with Gasteiger partial charge in [0, 0.05) is 12.4 Å². The maximum atomic E-state index is 11.1. The van der Waals surface area contributed by atoms with Crippen molar-refractivity contribution >= 4 is 12.1 Å². The molecule has 0 unspecified atom stereocenters. The number of rotatable bonds is 3. The van der Waals surface area contributed by atoms with Crippen LogP contribution in [-0.4, -0.2) is 35.4 Å². The Balaban J connectivity index is 2.73. The second-order valence-corrected chi connectivity index (χ2v) is 2.44. The van der Waals surface area contributed by atoms with E-state index >= 15 is 0 Å². The highest BCUT2D eigenvalue weighted by molar-refractivity contribution is 5.86. The number of hydrogen-bond acceptors (Lipinski definition) is 5. The maximum Gasteiger partial charge on any atom is 0.426 e. The van der Waals surface area contributed by atoms with Gasteiger partial charge in [0.25, 0.3) is 0 Å². The second-order valence-electron chi connectivity index (χ2n) is 2.44. The van der Waals surface area contributed by atoms with Crippen LogP contribution in [0.2, 0.25) is 0 Å². The first-order valence-electron chi connectivity index (χ1n) is 4.24. The molecule has 0 saturated carbocycles. The van der Waals surface area contributed by atoms with Crippen LogP contribution in [0.15, 0.2) is 12.4 Å². The first-order chi connectivity index (χ1) is 7.19. The van der Waals surface area contributed by atoms with E-state index in [4.69, 9.17) is 0 Å². The molecular formula is C8H11N3O4. The molecule has 7 heteroatoms. The van der Waals surface area contributed by atoms with Crippen LogP contribution in [0.1, 0.15) is 17.5 Å². The summed E-state index contributed by atoms with van der Waals surface area (Å²) in [6.45, 7) is 1.92. The van der Waals surface area contributed by atoms with Crippen molar-refractivity contribution in [1.29, 1.82) is 0 Å². The molecule has 7 nitrogen and oxygen atoms in total. The van der Waals surface area contributed by atoms with Crippen molar-refractivity contribution in [2.45, 2.75) is 6.92 Å². The number of esters is 1. The van der Waals surface area contributed by atoms with Crippen LogP contribution in [-0.2, 0) is 9.47 Å². The number of imidazole rings is 1. The van der Waals surface area contributed by atoms with Gasteiger partial charge in [-0.2, -0.15) is 0 Å². The monoisotopic (exact) mass is 213 g/mol. The second kappa shape index (κ2) is 4.99. The van der Waals surface area contributed by atoms with E-state index in [1.807, 2.05) is 0 Å². The average Bonchev–Trinajstić information content (AvgIpc) is 2.65. The van der Waals surface area contributed by atoms with Crippen LogP contribution >= 0.6 is 0 Å². The summed E-state index contributed by atoms with van der Waals surface area (Å²) in [5, 5.41) is 0. The van der Waals surface area contributed by atoms with E-state index in [-0.39, 0.29) is 12.4 Å². The molecule has 0 aliphatic carbocycles. The van der Waals surface area contributed by atoms with Gasteiger partial charge >= 0.3 is 12.1 Å². The van der Waals surface area contributed by atoms with Crippen molar-refractivity contribution in [2.75, 3.05) is 19.1 Å². The number of ether oxygens (including phenoxy) is 2. The molecule has 1 aromatic rings. The van der Waals surface area contributed by atoms with E-state index in [1.165, 1.54) is 19.5 Å². The van der Waals surface area contributed by atoms with Gasteiger partial charge in [0.2, 0.25) is 5.82 Å². The van der Waals surface area contributed by atoms with Crippen LogP contribution in [0, 0.1) is 0 Å².